The van der Waals surface area contributed by atoms with Crippen LogP contribution in [0, 0.1) is 0 Å². The Hall–Kier alpha value is -4.66. The summed E-state index contributed by atoms with van der Waals surface area (Å²) in [5, 5.41) is 0. The van der Waals surface area contributed by atoms with Crippen LogP contribution in [0.25, 0.3) is 16.8 Å². The van der Waals surface area contributed by atoms with Crippen molar-refractivity contribution >= 4 is 23.2 Å². The third-order valence-electron chi connectivity index (χ3n) is 5.55. The molecule has 0 atom stereocenters. The Labute approximate surface area is 200 Å². The van der Waals surface area contributed by atoms with Gasteiger partial charge in [-0.1, -0.05) is 30.3 Å². The number of carbonyl (C=O) groups excluding carboxylic acids is 3. The van der Waals surface area contributed by atoms with Crippen LogP contribution >= 0.6 is 0 Å². The Morgan fingerprint density at radius 2 is 1.49 bits per heavy atom. The summed E-state index contributed by atoms with van der Waals surface area (Å²) in [6.07, 6.45) is 1.39. The summed E-state index contributed by atoms with van der Waals surface area (Å²) in [6, 6.07) is 15.6. The number of rotatable bonds is 7. The van der Waals surface area contributed by atoms with E-state index in [-0.39, 0.29) is 33.7 Å². The van der Waals surface area contributed by atoms with Crippen molar-refractivity contribution in [2.75, 3.05) is 28.4 Å². The lowest BCUT2D eigenvalue weighted by atomic mass is 10.0. The van der Waals surface area contributed by atoms with E-state index in [1.54, 1.807) is 18.2 Å². The number of methoxy groups -OCH3 is 4. The summed E-state index contributed by atoms with van der Waals surface area (Å²) >= 11 is 0. The number of fused-ring (bicyclic) bond motifs is 1. The first-order chi connectivity index (χ1) is 16.9. The van der Waals surface area contributed by atoms with E-state index in [9.17, 15) is 14.4 Å². The van der Waals surface area contributed by atoms with Gasteiger partial charge in [0.25, 0.3) is 0 Å². The summed E-state index contributed by atoms with van der Waals surface area (Å²) in [7, 11) is 5.27. The zero-order valence-corrected chi connectivity index (χ0v) is 19.5. The van der Waals surface area contributed by atoms with Crippen LogP contribution in [-0.2, 0) is 9.47 Å². The van der Waals surface area contributed by atoms with Crippen LogP contribution in [-0.4, -0.2) is 55.5 Å². The first-order valence-electron chi connectivity index (χ1n) is 10.5. The molecule has 35 heavy (non-hydrogen) atoms. The van der Waals surface area contributed by atoms with Crippen molar-refractivity contribution < 1.29 is 33.3 Å². The highest BCUT2D eigenvalue weighted by Gasteiger charge is 2.34. The topological polar surface area (TPSA) is 105 Å². The quantitative estimate of drug-likeness (QED) is 0.294. The van der Waals surface area contributed by atoms with Crippen LogP contribution < -0.4 is 9.47 Å². The number of ether oxygens (including phenoxy) is 4. The van der Waals surface area contributed by atoms with Crippen molar-refractivity contribution in [1.29, 1.82) is 0 Å². The Balaban J connectivity index is 2.05. The molecule has 2 heterocycles. The molecule has 0 aliphatic heterocycles. The molecule has 0 unspecified atom stereocenters. The lowest BCUT2D eigenvalue weighted by Gasteiger charge is -2.11. The fourth-order valence-electron chi connectivity index (χ4n) is 3.87. The molecule has 2 aromatic heterocycles. The van der Waals surface area contributed by atoms with Crippen LogP contribution in [0.3, 0.4) is 0 Å². The van der Waals surface area contributed by atoms with Crippen molar-refractivity contribution in [3.05, 3.63) is 83.3 Å². The van der Waals surface area contributed by atoms with Crippen molar-refractivity contribution in [1.82, 2.24) is 9.38 Å². The van der Waals surface area contributed by atoms with Gasteiger partial charge in [-0.2, -0.15) is 0 Å². The molecule has 4 aromatic rings. The molecule has 178 valence electrons. The van der Waals surface area contributed by atoms with Crippen molar-refractivity contribution in [2.24, 2.45) is 0 Å². The molecular weight excluding hydrogens is 452 g/mol. The normalized spacial score (nSPS) is 10.6. The molecular formula is C26H22N2O7. The number of nitrogens with zero attached hydrogens (tertiary/aromatic N) is 2. The molecule has 0 aliphatic rings. The number of hydrogen-bond donors (Lipinski definition) is 0. The van der Waals surface area contributed by atoms with Crippen LogP contribution in [0.2, 0.25) is 0 Å². The molecule has 0 aliphatic carbocycles. The molecule has 0 radical (unpaired) electrons. The Morgan fingerprint density at radius 3 is 2.11 bits per heavy atom. The second kappa shape index (κ2) is 9.68. The number of ketones is 1. The molecule has 0 spiro atoms. The summed E-state index contributed by atoms with van der Waals surface area (Å²) < 4.78 is 21.9. The lowest BCUT2D eigenvalue weighted by Crippen LogP contribution is -2.16. The molecule has 0 amide bonds. The molecule has 0 saturated carbocycles. The van der Waals surface area contributed by atoms with Gasteiger partial charge < -0.3 is 18.9 Å². The van der Waals surface area contributed by atoms with Crippen LogP contribution in [0.15, 0.2) is 60.9 Å². The number of aromatic nitrogens is 2. The predicted molar refractivity (Wildman–Crippen MR) is 126 cm³/mol. The molecule has 0 fully saturated rings. The van der Waals surface area contributed by atoms with E-state index in [2.05, 4.69) is 4.98 Å². The Bertz CT molecular complexity index is 1440. The maximum Gasteiger partial charge on any atom is 0.341 e. The third kappa shape index (κ3) is 4.08. The van der Waals surface area contributed by atoms with Crippen LogP contribution in [0.4, 0.5) is 0 Å². The summed E-state index contributed by atoms with van der Waals surface area (Å²) in [5.74, 6) is -1.53. The van der Waals surface area contributed by atoms with Crippen molar-refractivity contribution in [3.8, 4) is 22.8 Å². The van der Waals surface area contributed by atoms with E-state index in [1.165, 1.54) is 45.2 Å². The second-order valence-electron chi connectivity index (χ2n) is 7.37. The molecule has 0 bridgehead atoms. The van der Waals surface area contributed by atoms with Gasteiger partial charge in [0.1, 0.15) is 34.6 Å². The van der Waals surface area contributed by atoms with Crippen LogP contribution in [0.5, 0.6) is 11.5 Å². The minimum absolute atomic E-state index is 0.102. The van der Waals surface area contributed by atoms with E-state index in [4.69, 9.17) is 18.9 Å². The van der Waals surface area contributed by atoms with Gasteiger partial charge in [-0.05, 0) is 18.2 Å². The highest BCUT2D eigenvalue weighted by molar-refractivity contribution is 6.20. The lowest BCUT2D eigenvalue weighted by molar-refractivity contribution is 0.0556. The Morgan fingerprint density at radius 1 is 0.800 bits per heavy atom. The van der Waals surface area contributed by atoms with Gasteiger partial charge in [-0.25, -0.2) is 14.6 Å². The summed E-state index contributed by atoms with van der Waals surface area (Å²) in [6.45, 7) is 0. The first-order valence-corrected chi connectivity index (χ1v) is 10.5. The SMILES string of the molecule is COC(=O)c1c(C(=O)OC)c2cc(-c3ccccc3)ncn2c1C(=O)c1ccc(OC)cc1OC. The van der Waals surface area contributed by atoms with E-state index in [0.29, 0.717) is 11.4 Å². The maximum absolute atomic E-state index is 13.8. The predicted octanol–water partition coefficient (Wildman–Crippen LogP) is 3.82. The largest absolute Gasteiger partial charge is 0.497 e. The van der Waals surface area contributed by atoms with Crippen molar-refractivity contribution in [2.45, 2.75) is 0 Å². The van der Waals surface area contributed by atoms with Gasteiger partial charge in [-0.15, -0.1) is 0 Å². The molecule has 9 heteroatoms. The fourth-order valence-corrected chi connectivity index (χ4v) is 3.87. The standard InChI is InChI=1S/C26H22N2O7/c1-32-16-10-11-17(20(12-16)33-2)24(29)23-22(26(31)35-4)21(25(30)34-3)19-13-18(27-14-28(19)23)15-8-6-5-7-9-15/h5-14H,1-4H3. The molecule has 4 rings (SSSR count). The summed E-state index contributed by atoms with van der Waals surface area (Å²) in [4.78, 5) is 44.1. The van der Waals surface area contributed by atoms with Gasteiger partial charge in [0.2, 0.25) is 5.78 Å². The first kappa shape index (κ1) is 23.5. The highest BCUT2D eigenvalue weighted by Crippen LogP contribution is 2.33. The summed E-state index contributed by atoms with van der Waals surface area (Å²) in [5.41, 5.74) is 1.31. The number of hydrogen-bond acceptors (Lipinski definition) is 8. The average Bonchev–Trinajstić information content (AvgIpc) is 3.26. The average molecular weight is 474 g/mol. The van der Waals surface area contributed by atoms with E-state index < -0.39 is 17.7 Å². The molecule has 2 aromatic carbocycles. The molecule has 0 saturated heterocycles. The number of esters is 2. The minimum Gasteiger partial charge on any atom is -0.497 e. The smallest absolute Gasteiger partial charge is 0.341 e. The fraction of sp³-hybridized carbons (Fsp3) is 0.154. The highest BCUT2D eigenvalue weighted by atomic mass is 16.5. The van der Waals surface area contributed by atoms with Crippen LogP contribution in [0.1, 0.15) is 36.8 Å². The zero-order valence-electron chi connectivity index (χ0n) is 19.5. The van der Waals surface area contributed by atoms with E-state index in [1.807, 2.05) is 30.3 Å². The number of benzene rings is 2. The van der Waals surface area contributed by atoms with E-state index >= 15 is 0 Å². The monoisotopic (exact) mass is 474 g/mol. The van der Waals surface area contributed by atoms with Gasteiger partial charge in [0.15, 0.2) is 0 Å². The van der Waals surface area contributed by atoms with Crippen molar-refractivity contribution in [3.63, 3.8) is 0 Å². The Kier molecular flexibility index (Phi) is 6.50. The van der Waals surface area contributed by atoms with Gasteiger partial charge in [-0.3, -0.25) is 9.20 Å². The second-order valence-corrected chi connectivity index (χ2v) is 7.37. The minimum atomic E-state index is -0.869. The third-order valence-corrected chi connectivity index (χ3v) is 5.55. The van der Waals surface area contributed by atoms with E-state index in [0.717, 1.165) is 5.56 Å². The number of carbonyl (C=O) groups is 3. The maximum atomic E-state index is 13.8. The van der Waals surface area contributed by atoms with Gasteiger partial charge in [0, 0.05) is 11.6 Å². The zero-order chi connectivity index (χ0) is 25.1. The molecule has 0 N–H and O–H groups in total. The molecule has 9 nitrogen and oxygen atoms in total. The van der Waals surface area contributed by atoms with Gasteiger partial charge in [0.05, 0.1) is 45.2 Å². The van der Waals surface area contributed by atoms with Gasteiger partial charge >= 0.3 is 11.9 Å².